The minimum atomic E-state index is -0.900. The van der Waals surface area contributed by atoms with E-state index in [2.05, 4.69) is 18.0 Å². The van der Waals surface area contributed by atoms with E-state index in [1.165, 1.54) is 5.56 Å². The molecule has 1 aliphatic heterocycles. The topological polar surface area (TPSA) is 65.8 Å². The van der Waals surface area contributed by atoms with Gasteiger partial charge in [-0.3, -0.25) is 9.88 Å². The number of para-hydroxylation sites is 1. The second kappa shape index (κ2) is 8.72. The van der Waals surface area contributed by atoms with Crippen molar-refractivity contribution < 1.29 is 14.9 Å². The molecule has 0 saturated carbocycles. The fourth-order valence-electron chi connectivity index (χ4n) is 4.14. The standard InChI is InChI=1S/C25H30N2O3/c1-18-6-5-9-23(19(18)2)30-15-10-24(28)27-13-11-25(29,12-14-27)21-16-20-7-3-4-8-22(20)26-17-21/h3-9,16-17,24,28-29H,10-15H2,1-2H3/t24-/m0/s1. The Balaban J connectivity index is 1.32. The van der Waals surface area contributed by atoms with Gasteiger partial charge in [-0.2, -0.15) is 0 Å². The van der Waals surface area contributed by atoms with E-state index >= 15 is 0 Å². The SMILES string of the molecule is Cc1cccc(OCC[C@H](O)N2CCC(O)(c3cnc4ccccc4c3)CC2)c1C. The van der Waals surface area contributed by atoms with Gasteiger partial charge in [0.2, 0.25) is 0 Å². The van der Waals surface area contributed by atoms with Gasteiger partial charge in [0, 0.05) is 36.7 Å². The third kappa shape index (κ3) is 4.33. The number of fused-ring (bicyclic) bond motifs is 1. The summed E-state index contributed by atoms with van der Waals surface area (Å²) in [7, 11) is 0. The fourth-order valence-corrected chi connectivity index (χ4v) is 4.14. The van der Waals surface area contributed by atoms with E-state index in [-0.39, 0.29) is 0 Å². The van der Waals surface area contributed by atoms with E-state index in [9.17, 15) is 10.2 Å². The molecular formula is C25H30N2O3. The Kier molecular flexibility index (Phi) is 6.04. The smallest absolute Gasteiger partial charge is 0.122 e. The molecule has 1 aromatic heterocycles. The number of aliphatic hydroxyl groups excluding tert-OH is 1. The van der Waals surface area contributed by atoms with E-state index in [1.807, 2.05) is 54.3 Å². The quantitative estimate of drug-likeness (QED) is 0.650. The molecule has 2 heterocycles. The third-order valence-corrected chi connectivity index (χ3v) is 6.36. The summed E-state index contributed by atoms with van der Waals surface area (Å²) < 4.78 is 5.89. The van der Waals surface area contributed by atoms with Gasteiger partial charge < -0.3 is 14.9 Å². The van der Waals surface area contributed by atoms with Crippen LogP contribution in [0.3, 0.4) is 0 Å². The lowest BCUT2D eigenvalue weighted by molar-refractivity contribution is -0.0819. The number of aryl methyl sites for hydroxylation is 1. The highest BCUT2D eigenvalue weighted by atomic mass is 16.5. The molecular weight excluding hydrogens is 376 g/mol. The summed E-state index contributed by atoms with van der Waals surface area (Å²) in [5.74, 6) is 0.874. The van der Waals surface area contributed by atoms with Gasteiger partial charge in [0.1, 0.15) is 12.0 Å². The number of aliphatic hydroxyl groups is 2. The van der Waals surface area contributed by atoms with Gasteiger partial charge in [0.15, 0.2) is 0 Å². The minimum absolute atomic E-state index is 0.459. The largest absolute Gasteiger partial charge is 0.493 e. The summed E-state index contributed by atoms with van der Waals surface area (Å²) in [5.41, 5.74) is 3.23. The Labute approximate surface area is 177 Å². The van der Waals surface area contributed by atoms with Gasteiger partial charge in [-0.1, -0.05) is 30.3 Å². The second-order valence-corrected chi connectivity index (χ2v) is 8.30. The van der Waals surface area contributed by atoms with Crippen LogP contribution in [0.4, 0.5) is 0 Å². The van der Waals surface area contributed by atoms with E-state index in [0.29, 0.717) is 39.0 Å². The van der Waals surface area contributed by atoms with Crippen molar-refractivity contribution in [3.8, 4) is 5.75 Å². The number of nitrogens with zero attached hydrogens (tertiary/aromatic N) is 2. The zero-order chi connectivity index (χ0) is 21.1. The molecule has 5 heteroatoms. The molecule has 0 bridgehead atoms. The molecule has 4 rings (SSSR count). The van der Waals surface area contributed by atoms with Gasteiger partial charge in [0.05, 0.1) is 17.7 Å². The lowest BCUT2D eigenvalue weighted by Crippen LogP contribution is -2.47. The highest BCUT2D eigenvalue weighted by Gasteiger charge is 2.36. The molecule has 1 atom stereocenters. The Morgan fingerprint density at radius 1 is 1.10 bits per heavy atom. The molecule has 158 valence electrons. The van der Waals surface area contributed by atoms with Crippen LogP contribution in [0.1, 0.15) is 36.0 Å². The van der Waals surface area contributed by atoms with Crippen LogP contribution in [0, 0.1) is 13.8 Å². The summed E-state index contributed by atoms with van der Waals surface area (Å²) in [6.07, 6.45) is 2.88. The predicted octanol–water partition coefficient (Wildman–Crippen LogP) is 3.92. The van der Waals surface area contributed by atoms with Crippen LogP contribution in [0.2, 0.25) is 0 Å². The third-order valence-electron chi connectivity index (χ3n) is 6.36. The van der Waals surface area contributed by atoms with Crippen LogP contribution in [0.5, 0.6) is 5.75 Å². The van der Waals surface area contributed by atoms with Crippen LogP contribution < -0.4 is 4.74 Å². The second-order valence-electron chi connectivity index (χ2n) is 8.30. The van der Waals surface area contributed by atoms with Crippen molar-refractivity contribution in [3.63, 3.8) is 0 Å². The molecule has 0 amide bonds. The van der Waals surface area contributed by atoms with E-state index in [1.54, 1.807) is 6.20 Å². The van der Waals surface area contributed by atoms with E-state index < -0.39 is 11.8 Å². The number of rotatable bonds is 6. The number of likely N-dealkylation sites (tertiary alicyclic amines) is 1. The zero-order valence-corrected chi connectivity index (χ0v) is 17.7. The number of hydrogen-bond donors (Lipinski definition) is 2. The lowest BCUT2D eigenvalue weighted by atomic mass is 9.84. The van der Waals surface area contributed by atoms with Gasteiger partial charge in [-0.25, -0.2) is 0 Å². The van der Waals surface area contributed by atoms with Crippen LogP contribution >= 0.6 is 0 Å². The number of ether oxygens (including phenoxy) is 1. The lowest BCUT2D eigenvalue weighted by Gasteiger charge is -2.40. The average Bonchev–Trinajstić information content (AvgIpc) is 2.76. The van der Waals surface area contributed by atoms with Crippen molar-refractivity contribution in [1.29, 1.82) is 0 Å². The first-order chi connectivity index (χ1) is 14.5. The summed E-state index contributed by atoms with van der Waals surface area (Å²) in [6.45, 7) is 5.84. The van der Waals surface area contributed by atoms with Gasteiger partial charge >= 0.3 is 0 Å². The first-order valence-electron chi connectivity index (χ1n) is 10.6. The van der Waals surface area contributed by atoms with Crippen molar-refractivity contribution in [2.75, 3.05) is 19.7 Å². The summed E-state index contributed by atoms with van der Waals surface area (Å²) >= 11 is 0. The van der Waals surface area contributed by atoms with Crippen LogP contribution in [0.15, 0.2) is 54.7 Å². The molecule has 0 radical (unpaired) electrons. The molecule has 0 aliphatic carbocycles. The number of benzene rings is 2. The number of aromatic nitrogens is 1. The van der Waals surface area contributed by atoms with Crippen LogP contribution in [-0.4, -0.2) is 46.0 Å². The van der Waals surface area contributed by atoms with Gasteiger partial charge in [0.25, 0.3) is 0 Å². The normalized spacial score (nSPS) is 17.7. The van der Waals surface area contributed by atoms with Crippen LogP contribution in [0.25, 0.3) is 10.9 Å². The minimum Gasteiger partial charge on any atom is -0.493 e. The van der Waals surface area contributed by atoms with Crippen molar-refractivity contribution in [2.45, 2.75) is 44.9 Å². The highest BCUT2D eigenvalue weighted by molar-refractivity contribution is 5.78. The van der Waals surface area contributed by atoms with Crippen LogP contribution in [-0.2, 0) is 5.60 Å². The van der Waals surface area contributed by atoms with Crippen molar-refractivity contribution >= 4 is 10.9 Å². The monoisotopic (exact) mass is 406 g/mol. The van der Waals surface area contributed by atoms with E-state index in [4.69, 9.17) is 4.74 Å². The number of hydrogen-bond acceptors (Lipinski definition) is 5. The molecule has 30 heavy (non-hydrogen) atoms. The predicted molar refractivity (Wildman–Crippen MR) is 118 cm³/mol. The van der Waals surface area contributed by atoms with Crippen molar-refractivity contribution in [2.24, 2.45) is 0 Å². The number of pyridine rings is 1. The van der Waals surface area contributed by atoms with Crippen molar-refractivity contribution in [1.82, 2.24) is 9.88 Å². The average molecular weight is 407 g/mol. The molecule has 0 spiro atoms. The molecule has 1 fully saturated rings. The Morgan fingerprint density at radius 2 is 1.87 bits per heavy atom. The van der Waals surface area contributed by atoms with Gasteiger partial charge in [-0.05, 0) is 56.0 Å². The molecule has 2 aromatic carbocycles. The van der Waals surface area contributed by atoms with E-state index in [0.717, 1.165) is 27.8 Å². The van der Waals surface area contributed by atoms with Gasteiger partial charge in [-0.15, -0.1) is 0 Å². The fraction of sp³-hybridized carbons (Fsp3) is 0.400. The Hall–Kier alpha value is -2.47. The summed E-state index contributed by atoms with van der Waals surface area (Å²) in [5, 5.41) is 22.9. The Bertz CT molecular complexity index is 1010. The summed E-state index contributed by atoms with van der Waals surface area (Å²) in [4.78, 5) is 6.52. The first kappa shape index (κ1) is 20.8. The maximum atomic E-state index is 11.2. The van der Waals surface area contributed by atoms with Crippen molar-refractivity contribution in [3.05, 3.63) is 71.4 Å². The maximum absolute atomic E-state index is 11.2. The molecule has 3 aromatic rings. The first-order valence-corrected chi connectivity index (χ1v) is 10.6. The Morgan fingerprint density at radius 3 is 2.67 bits per heavy atom. The zero-order valence-electron chi connectivity index (χ0n) is 17.7. The molecule has 1 saturated heterocycles. The molecule has 2 N–H and O–H groups in total. The maximum Gasteiger partial charge on any atom is 0.122 e. The summed E-state index contributed by atoms with van der Waals surface area (Å²) in [6, 6.07) is 16.0. The molecule has 0 unspecified atom stereocenters. The number of piperidine rings is 1. The highest BCUT2D eigenvalue weighted by Crippen LogP contribution is 2.34. The molecule has 1 aliphatic rings. The molecule has 5 nitrogen and oxygen atoms in total.